The van der Waals surface area contributed by atoms with Crippen LogP contribution in [0, 0.1) is 0 Å². The van der Waals surface area contributed by atoms with Gasteiger partial charge < -0.3 is 33.6 Å². The maximum absolute atomic E-state index is 10.1. The molecule has 0 heterocycles. The van der Waals surface area contributed by atoms with Gasteiger partial charge in [0, 0.05) is 0 Å². The zero-order chi connectivity index (χ0) is 10.9. The summed E-state index contributed by atoms with van der Waals surface area (Å²) in [5.74, 6) is 0. The maximum Gasteiger partial charge on any atom is 4.00 e. The van der Waals surface area contributed by atoms with Gasteiger partial charge in [-0.05, 0) is 0 Å². The molecule has 0 radical (unpaired) electrons. The van der Waals surface area contributed by atoms with E-state index in [1.807, 2.05) is 0 Å². The fraction of sp³-hybridized carbons (Fsp3) is 0. The minimum atomic E-state index is -5.97. The van der Waals surface area contributed by atoms with Crippen LogP contribution in [0.3, 0.4) is 0 Å². The van der Waals surface area contributed by atoms with Crippen LogP contribution in [0.5, 0.6) is 0 Å². The van der Waals surface area contributed by atoms with Gasteiger partial charge in [-0.25, -0.2) is 0 Å². The summed E-state index contributed by atoms with van der Waals surface area (Å²) in [6.07, 6.45) is 0. The Morgan fingerprint density at radius 3 is 0.882 bits per heavy atom. The van der Waals surface area contributed by atoms with Gasteiger partial charge in [0.15, 0.2) is 0 Å². The van der Waals surface area contributed by atoms with Gasteiger partial charge in [0.25, 0.3) is 7.82 Å². The first-order valence-electron chi connectivity index (χ1n) is 2.19. The Bertz CT molecular complexity index is 286. The zero-order valence-electron chi connectivity index (χ0n) is 7.42. The van der Waals surface area contributed by atoms with Crippen LogP contribution in [0.4, 0.5) is 0 Å². The number of rotatable bonds is 4. The molecule has 0 atom stereocenters. The molecule has 0 amide bonds. The molecule has 17 heteroatoms. The van der Waals surface area contributed by atoms with E-state index in [0.717, 1.165) is 0 Å². The van der Waals surface area contributed by atoms with E-state index in [9.17, 15) is 38.2 Å². The van der Waals surface area contributed by atoms with Crippen molar-refractivity contribution in [3.63, 3.8) is 0 Å². The Hall–Kier alpha value is 3.60. The van der Waals surface area contributed by atoms with Crippen LogP contribution in [-0.2, 0) is 22.3 Å². The van der Waals surface area contributed by atoms with Crippen LogP contribution in [0.2, 0.25) is 0 Å². The smallest absolute Gasteiger partial charge is 0.790 e. The molecule has 0 aliphatic heterocycles. The van der Waals surface area contributed by atoms with Gasteiger partial charge >= 0.3 is 95.6 Å². The van der Waals surface area contributed by atoms with Crippen molar-refractivity contribution in [3.8, 4) is 0 Å². The minimum Gasteiger partial charge on any atom is -0.790 e. The summed E-state index contributed by atoms with van der Waals surface area (Å²) in [5, 5.41) is 0. The normalized spacial score (nSPS) is 11.1. The van der Waals surface area contributed by atoms with Crippen molar-refractivity contribution < 1.29 is 46.8 Å². The molecule has 0 aliphatic rings. The quantitative estimate of drug-likeness (QED) is 0.200. The van der Waals surface area contributed by atoms with Crippen molar-refractivity contribution in [1.82, 2.24) is 0 Å². The molecule has 0 saturated heterocycles. The Morgan fingerprint density at radius 2 is 0.765 bits per heavy atom. The number of hydrogen-bond acceptors (Lipinski definition) is 10. The summed E-state index contributed by atoms with van der Waals surface area (Å²) in [5.41, 5.74) is 0. The summed E-state index contributed by atoms with van der Waals surface area (Å²) in [6, 6.07) is 0. The Balaban J connectivity index is -0.000000120. The molecule has 80 valence electrons. The Kier molecular flexibility index (Phi) is 23.3. The van der Waals surface area contributed by atoms with Crippen LogP contribution in [-0.4, -0.2) is 95.6 Å². The first-order chi connectivity index (χ1) is 5.41. The van der Waals surface area contributed by atoms with E-state index in [1.54, 1.807) is 0 Å². The fourth-order valence-electron chi connectivity index (χ4n) is 0.260. The van der Waals surface area contributed by atoms with Crippen LogP contribution in [0.1, 0.15) is 0 Å². The summed E-state index contributed by atoms with van der Waals surface area (Å²) in [7, 11) is -17.9. The van der Waals surface area contributed by atoms with Crippen LogP contribution < -0.4 is 24.5 Å². The second-order valence-corrected chi connectivity index (χ2v) is 5.49. The van der Waals surface area contributed by atoms with Gasteiger partial charge in [0.1, 0.15) is 0 Å². The van der Waals surface area contributed by atoms with Crippen LogP contribution >= 0.6 is 23.5 Å². The summed E-state index contributed by atoms with van der Waals surface area (Å²) < 4.78 is 34.7. The molecular formula is O10P3Sn4+11. The average Bonchev–Trinajstić information content (AvgIpc) is 1.43. The molecule has 10 nitrogen and oxygen atoms in total. The third-order valence-electron chi connectivity index (χ3n) is 0.400. The minimum absolute atomic E-state index is 0. The van der Waals surface area contributed by atoms with Crippen molar-refractivity contribution in [3.05, 3.63) is 0 Å². The molecule has 0 N–H and O–H groups in total. The molecule has 0 aromatic rings. The van der Waals surface area contributed by atoms with E-state index in [4.69, 9.17) is 0 Å². The molecule has 17 heavy (non-hydrogen) atoms. The number of hydrogen-bond donors (Lipinski definition) is 0. The zero-order valence-corrected chi connectivity index (χ0v) is 21.5. The van der Waals surface area contributed by atoms with Gasteiger partial charge in [-0.3, -0.25) is 13.2 Å². The van der Waals surface area contributed by atoms with Gasteiger partial charge in [0.2, 0.25) is 0 Å². The predicted octanol–water partition coefficient (Wildman–Crippen LogP) is -5.38. The van der Waals surface area contributed by atoms with Gasteiger partial charge in [-0.15, -0.1) is 0 Å². The Morgan fingerprint density at radius 1 is 0.588 bits per heavy atom. The van der Waals surface area contributed by atoms with Gasteiger partial charge in [0.05, 0.1) is 15.6 Å². The molecular weight excluding hydrogens is 728 g/mol. The summed E-state index contributed by atoms with van der Waals surface area (Å²) in [4.78, 5) is 48.6. The van der Waals surface area contributed by atoms with Crippen molar-refractivity contribution in [2.75, 3.05) is 0 Å². The van der Waals surface area contributed by atoms with Crippen molar-refractivity contribution >= 4 is 119 Å². The van der Waals surface area contributed by atoms with Gasteiger partial charge in [-0.1, -0.05) is 0 Å². The SMILES string of the molecule is O=P([O-])([O-])OP(=O)([O-])OP(=O)([O-])[O-].[Sn+4].[Sn+4].[Sn+4].[Sn+4]. The summed E-state index contributed by atoms with van der Waals surface area (Å²) in [6.45, 7) is 0. The second-order valence-electron chi connectivity index (χ2n) is 1.50. The standard InChI is InChI=1S/H5O10P3.4Sn/c1-11(2,3)9-13(7,8)10-12(4,5)6;;;;/h(H,7,8)(H2,1,2,3)(H2,4,5,6);;;;/q;4*+4/p-5. The van der Waals surface area contributed by atoms with E-state index in [2.05, 4.69) is 8.62 Å². The molecule has 0 saturated carbocycles. The third-order valence-corrected chi connectivity index (χ3v) is 3.60. The topological polar surface area (TPSA) is 185 Å². The molecule has 0 aromatic heterocycles. The molecule has 0 aromatic carbocycles. The molecule has 0 spiro atoms. The monoisotopic (exact) mass is 732 g/mol. The molecule has 0 aliphatic carbocycles. The van der Waals surface area contributed by atoms with E-state index in [0.29, 0.717) is 0 Å². The molecule has 0 unspecified atom stereocenters. The molecule has 0 rings (SSSR count). The second kappa shape index (κ2) is 12.2. The Labute approximate surface area is 164 Å². The predicted molar refractivity (Wildman–Crippen MR) is 48.0 cm³/mol. The van der Waals surface area contributed by atoms with Crippen molar-refractivity contribution in [2.45, 2.75) is 0 Å². The molecule has 0 fully saturated rings. The number of phosphoric acid groups is 3. The van der Waals surface area contributed by atoms with Crippen LogP contribution in [0.25, 0.3) is 0 Å². The van der Waals surface area contributed by atoms with Crippen LogP contribution in [0.15, 0.2) is 0 Å². The first-order valence-corrected chi connectivity index (χ1v) is 6.57. The van der Waals surface area contributed by atoms with E-state index in [1.165, 1.54) is 0 Å². The maximum atomic E-state index is 10.1. The summed E-state index contributed by atoms with van der Waals surface area (Å²) >= 11 is 0. The van der Waals surface area contributed by atoms with E-state index < -0.39 is 23.5 Å². The van der Waals surface area contributed by atoms with Gasteiger partial charge in [-0.2, -0.15) is 0 Å². The molecule has 0 bridgehead atoms. The third kappa shape index (κ3) is 25.0. The fourth-order valence-corrected chi connectivity index (χ4v) is 2.61. The van der Waals surface area contributed by atoms with Crippen molar-refractivity contribution in [2.24, 2.45) is 0 Å². The van der Waals surface area contributed by atoms with Crippen molar-refractivity contribution in [1.29, 1.82) is 0 Å². The van der Waals surface area contributed by atoms with E-state index in [-0.39, 0.29) is 95.6 Å². The van der Waals surface area contributed by atoms with E-state index >= 15 is 0 Å². The first kappa shape index (κ1) is 32.5. The largest absolute Gasteiger partial charge is 4.00 e. The average molecular weight is 728 g/mol.